The highest BCUT2D eigenvalue weighted by Gasteiger charge is 2.42. The molecule has 2 atom stereocenters. The van der Waals surface area contributed by atoms with E-state index in [1.54, 1.807) is 31.2 Å². The van der Waals surface area contributed by atoms with Crippen molar-refractivity contribution in [2.75, 3.05) is 18.6 Å². The van der Waals surface area contributed by atoms with E-state index in [-0.39, 0.29) is 29.9 Å². The van der Waals surface area contributed by atoms with Crippen LogP contribution in [0.2, 0.25) is 0 Å². The van der Waals surface area contributed by atoms with Gasteiger partial charge in [0.2, 0.25) is 5.91 Å². The predicted octanol–water partition coefficient (Wildman–Crippen LogP) is 5.15. The Labute approximate surface area is 213 Å². The molecule has 36 heavy (non-hydrogen) atoms. The fourth-order valence-electron chi connectivity index (χ4n) is 5.07. The summed E-state index contributed by atoms with van der Waals surface area (Å²) in [5, 5.41) is 0. The van der Waals surface area contributed by atoms with Gasteiger partial charge in [0.25, 0.3) is 5.91 Å². The van der Waals surface area contributed by atoms with Crippen LogP contribution in [0.5, 0.6) is 5.75 Å². The summed E-state index contributed by atoms with van der Waals surface area (Å²) < 4.78 is 10.7. The standard InChI is InChI=1S/C29H36N2O5/c1-19-18-26(31(20(2)32)22-12-13-22)24-8-6-7-9-25(24)30(19)27(33)21-10-14-23(15-11-21)36-17-16-29(3,4)28(34)35-5/h6-11,14-15,19,22,26H,12-13,16-18H2,1-5H3/t19-,26+/m0/s1. The van der Waals surface area contributed by atoms with Gasteiger partial charge in [0.1, 0.15) is 5.75 Å². The fraction of sp³-hybridized carbons (Fsp3) is 0.483. The van der Waals surface area contributed by atoms with Crippen molar-refractivity contribution in [1.29, 1.82) is 0 Å². The van der Waals surface area contributed by atoms with Crippen LogP contribution in [0.25, 0.3) is 0 Å². The van der Waals surface area contributed by atoms with Gasteiger partial charge in [-0.2, -0.15) is 0 Å². The molecule has 1 aliphatic heterocycles. The zero-order chi connectivity index (χ0) is 26.0. The number of nitrogens with zero attached hydrogens (tertiary/aromatic N) is 2. The zero-order valence-corrected chi connectivity index (χ0v) is 21.8. The zero-order valence-electron chi connectivity index (χ0n) is 21.8. The number of ether oxygens (including phenoxy) is 2. The molecule has 0 spiro atoms. The number of amides is 2. The summed E-state index contributed by atoms with van der Waals surface area (Å²) in [6.07, 6.45) is 3.31. The predicted molar refractivity (Wildman–Crippen MR) is 138 cm³/mol. The SMILES string of the molecule is COC(=O)C(C)(C)CCOc1ccc(C(=O)N2c3ccccc3[C@H](N(C(C)=O)C3CC3)C[C@@H]2C)cc1. The molecule has 1 heterocycles. The third kappa shape index (κ3) is 5.25. The maximum Gasteiger partial charge on any atom is 0.311 e. The van der Waals surface area contributed by atoms with Crippen molar-refractivity contribution >= 4 is 23.5 Å². The number of carbonyl (C=O) groups is 3. The molecule has 7 nitrogen and oxygen atoms in total. The lowest BCUT2D eigenvalue weighted by molar-refractivity contribution is -0.151. The normalized spacial score (nSPS) is 19.3. The highest BCUT2D eigenvalue weighted by Crippen LogP contribution is 2.44. The second kappa shape index (κ2) is 10.3. The summed E-state index contributed by atoms with van der Waals surface area (Å²) in [5.41, 5.74) is 1.84. The Morgan fingerprint density at radius 2 is 1.72 bits per heavy atom. The number of methoxy groups -OCH3 is 1. The second-order valence-corrected chi connectivity index (χ2v) is 10.5. The first-order valence-corrected chi connectivity index (χ1v) is 12.7. The maximum atomic E-state index is 13.6. The molecule has 0 radical (unpaired) electrons. The Morgan fingerprint density at radius 3 is 2.33 bits per heavy atom. The first-order valence-electron chi connectivity index (χ1n) is 12.7. The van der Waals surface area contributed by atoms with Gasteiger partial charge in [0, 0.05) is 30.3 Å². The van der Waals surface area contributed by atoms with Gasteiger partial charge in [0.05, 0.1) is 25.2 Å². The van der Waals surface area contributed by atoms with E-state index in [0.717, 1.165) is 24.1 Å². The lowest BCUT2D eigenvalue weighted by Gasteiger charge is -2.43. The highest BCUT2D eigenvalue weighted by atomic mass is 16.5. The first kappa shape index (κ1) is 25.7. The lowest BCUT2D eigenvalue weighted by Crippen LogP contribution is -2.47. The first-order chi connectivity index (χ1) is 17.1. The number of rotatable bonds is 8. The van der Waals surface area contributed by atoms with Gasteiger partial charge in [-0.05, 0) is 82.3 Å². The van der Waals surface area contributed by atoms with E-state index < -0.39 is 5.41 Å². The Kier molecular flexibility index (Phi) is 7.38. The Morgan fingerprint density at radius 1 is 1.06 bits per heavy atom. The van der Waals surface area contributed by atoms with Gasteiger partial charge in [-0.25, -0.2) is 0 Å². The van der Waals surface area contributed by atoms with Gasteiger partial charge in [-0.15, -0.1) is 0 Å². The molecule has 2 aliphatic rings. The number of hydrogen-bond donors (Lipinski definition) is 0. The molecule has 0 unspecified atom stereocenters. The van der Waals surface area contributed by atoms with Gasteiger partial charge < -0.3 is 19.3 Å². The van der Waals surface area contributed by atoms with Crippen LogP contribution in [0, 0.1) is 5.41 Å². The average Bonchev–Trinajstić information content (AvgIpc) is 3.68. The Balaban J connectivity index is 1.49. The van der Waals surface area contributed by atoms with Crippen molar-refractivity contribution < 1.29 is 23.9 Å². The number of esters is 1. The van der Waals surface area contributed by atoms with E-state index >= 15 is 0 Å². The van der Waals surface area contributed by atoms with Crippen LogP contribution in [0.3, 0.4) is 0 Å². The van der Waals surface area contributed by atoms with Crippen molar-refractivity contribution in [3.8, 4) is 5.75 Å². The summed E-state index contributed by atoms with van der Waals surface area (Å²) in [6, 6.07) is 15.3. The quantitative estimate of drug-likeness (QED) is 0.477. The number of fused-ring (bicyclic) bond motifs is 1. The summed E-state index contributed by atoms with van der Waals surface area (Å²) in [7, 11) is 1.38. The van der Waals surface area contributed by atoms with Crippen LogP contribution in [-0.2, 0) is 14.3 Å². The molecule has 1 aliphatic carbocycles. The molecule has 1 fully saturated rings. The molecule has 2 aromatic rings. The van der Waals surface area contributed by atoms with Gasteiger partial charge in [-0.1, -0.05) is 18.2 Å². The minimum absolute atomic E-state index is 0.0183. The molecule has 0 saturated heterocycles. The van der Waals surface area contributed by atoms with Crippen LogP contribution < -0.4 is 9.64 Å². The number of benzene rings is 2. The molecule has 192 valence electrons. The van der Waals surface area contributed by atoms with Crippen molar-refractivity contribution in [3.05, 3.63) is 59.7 Å². The number of carbonyl (C=O) groups excluding carboxylic acids is 3. The van der Waals surface area contributed by atoms with Crippen LogP contribution >= 0.6 is 0 Å². The maximum absolute atomic E-state index is 13.6. The van der Waals surface area contributed by atoms with Crippen molar-refractivity contribution in [2.45, 2.75) is 71.5 Å². The molecule has 1 saturated carbocycles. The molecule has 0 N–H and O–H groups in total. The van der Waals surface area contributed by atoms with Crippen molar-refractivity contribution in [1.82, 2.24) is 4.90 Å². The van der Waals surface area contributed by atoms with Gasteiger partial charge in [0.15, 0.2) is 0 Å². The molecule has 2 amide bonds. The second-order valence-electron chi connectivity index (χ2n) is 10.5. The summed E-state index contributed by atoms with van der Waals surface area (Å²) in [4.78, 5) is 41.9. The lowest BCUT2D eigenvalue weighted by atomic mass is 9.89. The fourth-order valence-corrected chi connectivity index (χ4v) is 5.07. The van der Waals surface area contributed by atoms with Crippen molar-refractivity contribution in [3.63, 3.8) is 0 Å². The monoisotopic (exact) mass is 492 g/mol. The molecule has 7 heteroatoms. The third-order valence-corrected chi connectivity index (χ3v) is 7.25. The van der Waals surface area contributed by atoms with Crippen LogP contribution in [0.15, 0.2) is 48.5 Å². The molecule has 0 bridgehead atoms. The summed E-state index contributed by atoms with van der Waals surface area (Å²) >= 11 is 0. The van der Waals surface area contributed by atoms with Crippen molar-refractivity contribution in [2.24, 2.45) is 5.41 Å². The minimum atomic E-state index is -0.627. The number of para-hydroxylation sites is 1. The van der Waals surface area contributed by atoms with Gasteiger partial charge in [-0.3, -0.25) is 14.4 Å². The largest absolute Gasteiger partial charge is 0.494 e. The smallest absolute Gasteiger partial charge is 0.311 e. The van der Waals surface area contributed by atoms with E-state index in [9.17, 15) is 14.4 Å². The topological polar surface area (TPSA) is 76.2 Å². The highest BCUT2D eigenvalue weighted by molar-refractivity contribution is 6.07. The summed E-state index contributed by atoms with van der Waals surface area (Å²) in [5.74, 6) is 0.386. The van der Waals surface area contributed by atoms with E-state index in [4.69, 9.17) is 9.47 Å². The summed E-state index contributed by atoms with van der Waals surface area (Å²) in [6.45, 7) is 7.70. The van der Waals surface area contributed by atoms with E-state index in [1.165, 1.54) is 7.11 Å². The van der Waals surface area contributed by atoms with E-state index in [2.05, 4.69) is 0 Å². The van der Waals surface area contributed by atoms with E-state index in [1.807, 2.05) is 54.8 Å². The molecule has 0 aromatic heterocycles. The van der Waals surface area contributed by atoms with Crippen LogP contribution in [0.4, 0.5) is 5.69 Å². The molecule has 2 aromatic carbocycles. The average molecular weight is 493 g/mol. The Bertz CT molecular complexity index is 1120. The molecule has 4 rings (SSSR count). The van der Waals surface area contributed by atoms with Gasteiger partial charge >= 0.3 is 5.97 Å². The number of anilines is 1. The minimum Gasteiger partial charge on any atom is -0.494 e. The van der Waals surface area contributed by atoms with Crippen LogP contribution in [-0.4, -0.2) is 48.5 Å². The molecular formula is C29H36N2O5. The third-order valence-electron chi connectivity index (χ3n) is 7.25. The number of hydrogen-bond acceptors (Lipinski definition) is 5. The van der Waals surface area contributed by atoms with E-state index in [0.29, 0.717) is 36.8 Å². The Hall–Kier alpha value is -3.35. The van der Waals surface area contributed by atoms with Crippen LogP contribution in [0.1, 0.15) is 75.3 Å². The molecular weight excluding hydrogens is 456 g/mol.